The summed E-state index contributed by atoms with van der Waals surface area (Å²) in [6, 6.07) is 8.07. The van der Waals surface area contributed by atoms with Gasteiger partial charge in [0, 0.05) is 23.3 Å². The minimum absolute atomic E-state index is 0.788. The molecule has 1 aromatic heterocycles. The van der Waals surface area contributed by atoms with Crippen molar-refractivity contribution in [1.29, 1.82) is 0 Å². The Bertz CT molecular complexity index is 456. The van der Waals surface area contributed by atoms with E-state index in [2.05, 4.69) is 23.4 Å². The molecule has 2 heteroatoms. The van der Waals surface area contributed by atoms with Gasteiger partial charge in [-0.25, -0.2) is 0 Å². The zero-order valence-electron chi connectivity index (χ0n) is 7.91. The average molecular weight is 206 g/mol. The van der Waals surface area contributed by atoms with Crippen LogP contribution in [0.15, 0.2) is 43.1 Å². The lowest BCUT2D eigenvalue weighted by molar-refractivity contribution is 0.739. The second kappa shape index (κ2) is 3.89. The first-order chi connectivity index (χ1) is 6.81. The number of allylic oxidation sites excluding steroid dienone is 1. The highest BCUT2D eigenvalue weighted by molar-refractivity contribution is 6.31. The van der Waals surface area contributed by atoms with Crippen molar-refractivity contribution in [1.82, 2.24) is 4.57 Å². The largest absolute Gasteiger partial charge is 0.347 e. The number of halogens is 1. The van der Waals surface area contributed by atoms with Crippen molar-refractivity contribution < 1.29 is 0 Å². The molecule has 1 heterocycles. The molecule has 14 heavy (non-hydrogen) atoms. The molecule has 0 aliphatic rings. The molecule has 72 valence electrons. The van der Waals surface area contributed by atoms with Crippen molar-refractivity contribution in [3.05, 3.63) is 48.1 Å². The monoisotopic (exact) mass is 205 g/mol. The minimum atomic E-state index is 0.788. The lowest BCUT2D eigenvalue weighted by atomic mass is 10.2. The van der Waals surface area contributed by atoms with E-state index in [9.17, 15) is 0 Å². The summed E-state index contributed by atoms with van der Waals surface area (Å²) >= 11 is 5.95. The molecule has 0 unspecified atom stereocenters. The molecule has 0 bridgehead atoms. The van der Waals surface area contributed by atoms with E-state index in [1.165, 1.54) is 10.9 Å². The number of aromatic nitrogens is 1. The third-order valence-corrected chi connectivity index (χ3v) is 2.55. The Labute approximate surface area is 88.6 Å². The zero-order chi connectivity index (χ0) is 9.97. The molecule has 0 aliphatic heterocycles. The van der Waals surface area contributed by atoms with Crippen LogP contribution in [0.4, 0.5) is 0 Å². The lowest BCUT2D eigenvalue weighted by Gasteiger charge is -2.02. The normalized spacial score (nSPS) is 10.6. The Morgan fingerprint density at radius 2 is 2.21 bits per heavy atom. The fourth-order valence-electron chi connectivity index (χ4n) is 1.58. The molecule has 0 saturated heterocycles. The van der Waals surface area contributed by atoms with Gasteiger partial charge in [-0.3, -0.25) is 0 Å². The van der Waals surface area contributed by atoms with E-state index in [-0.39, 0.29) is 0 Å². The van der Waals surface area contributed by atoms with Gasteiger partial charge in [0.1, 0.15) is 0 Å². The van der Waals surface area contributed by atoms with Crippen LogP contribution in [0.2, 0.25) is 5.02 Å². The van der Waals surface area contributed by atoms with Crippen molar-refractivity contribution >= 4 is 22.5 Å². The Morgan fingerprint density at radius 1 is 1.36 bits per heavy atom. The van der Waals surface area contributed by atoms with Gasteiger partial charge in [0.15, 0.2) is 0 Å². The summed E-state index contributed by atoms with van der Waals surface area (Å²) in [6.07, 6.45) is 5.00. The fraction of sp³-hybridized carbons (Fsp3) is 0.167. The molecule has 2 aromatic rings. The summed E-state index contributed by atoms with van der Waals surface area (Å²) in [6.45, 7) is 4.68. The van der Waals surface area contributed by atoms with Crippen molar-refractivity contribution in [3.8, 4) is 0 Å². The summed E-state index contributed by atoms with van der Waals surface area (Å²) in [7, 11) is 0. The summed E-state index contributed by atoms with van der Waals surface area (Å²) in [4.78, 5) is 0. The van der Waals surface area contributed by atoms with Crippen LogP contribution in [-0.4, -0.2) is 4.57 Å². The summed E-state index contributed by atoms with van der Waals surface area (Å²) < 4.78 is 2.20. The van der Waals surface area contributed by atoms with E-state index in [1.807, 2.05) is 24.3 Å². The number of fused-ring (bicyclic) bond motifs is 1. The van der Waals surface area contributed by atoms with Gasteiger partial charge in [0.25, 0.3) is 0 Å². The average Bonchev–Trinajstić information content (AvgIpc) is 2.57. The molecule has 0 aliphatic carbocycles. The highest BCUT2D eigenvalue weighted by Gasteiger charge is 2.00. The third-order valence-electron chi connectivity index (χ3n) is 2.31. The van der Waals surface area contributed by atoms with Crippen LogP contribution in [0.1, 0.15) is 6.42 Å². The van der Waals surface area contributed by atoms with E-state index in [1.54, 1.807) is 0 Å². The molecule has 0 N–H and O–H groups in total. The molecule has 2 rings (SSSR count). The van der Waals surface area contributed by atoms with Crippen LogP contribution >= 0.6 is 11.6 Å². The van der Waals surface area contributed by atoms with Crippen molar-refractivity contribution in [2.45, 2.75) is 13.0 Å². The van der Waals surface area contributed by atoms with Gasteiger partial charge < -0.3 is 4.57 Å². The second-order valence-electron chi connectivity index (χ2n) is 3.29. The number of nitrogens with zero attached hydrogens (tertiary/aromatic N) is 1. The number of aryl methyl sites for hydroxylation is 1. The molecule has 0 spiro atoms. The van der Waals surface area contributed by atoms with E-state index < -0.39 is 0 Å². The predicted molar refractivity (Wildman–Crippen MR) is 61.8 cm³/mol. The second-order valence-corrected chi connectivity index (χ2v) is 3.73. The van der Waals surface area contributed by atoms with Gasteiger partial charge >= 0.3 is 0 Å². The standard InChI is InChI=1S/C12H12ClN/c1-2-3-7-14-8-6-10-4-5-11(13)9-12(10)14/h2,4-6,8-9H,1,3,7H2. The molecular formula is C12H12ClN. The molecular weight excluding hydrogens is 194 g/mol. The maximum absolute atomic E-state index is 5.95. The lowest BCUT2D eigenvalue weighted by Crippen LogP contribution is -1.93. The molecule has 0 saturated carbocycles. The topological polar surface area (TPSA) is 4.93 Å². The molecule has 0 amide bonds. The Hall–Kier alpha value is -1.21. The molecule has 0 atom stereocenters. The maximum atomic E-state index is 5.95. The van der Waals surface area contributed by atoms with Gasteiger partial charge in [0.2, 0.25) is 0 Å². The first-order valence-electron chi connectivity index (χ1n) is 4.66. The van der Waals surface area contributed by atoms with E-state index in [4.69, 9.17) is 11.6 Å². The molecule has 1 aromatic carbocycles. The molecule has 0 radical (unpaired) electrons. The van der Waals surface area contributed by atoms with Crippen molar-refractivity contribution in [2.24, 2.45) is 0 Å². The van der Waals surface area contributed by atoms with E-state index in [0.717, 1.165) is 18.0 Å². The Kier molecular flexibility index (Phi) is 2.60. The Balaban J connectivity index is 2.44. The van der Waals surface area contributed by atoms with Crippen LogP contribution < -0.4 is 0 Å². The summed E-state index contributed by atoms with van der Waals surface area (Å²) in [5.41, 5.74) is 1.19. The van der Waals surface area contributed by atoms with Crippen LogP contribution in [0, 0.1) is 0 Å². The number of hydrogen-bond acceptors (Lipinski definition) is 0. The highest BCUT2D eigenvalue weighted by atomic mass is 35.5. The van der Waals surface area contributed by atoms with Crippen LogP contribution in [0.5, 0.6) is 0 Å². The van der Waals surface area contributed by atoms with Crippen molar-refractivity contribution in [2.75, 3.05) is 0 Å². The van der Waals surface area contributed by atoms with E-state index >= 15 is 0 Å². The number of hydrogen-bond donors (Lipinski definition) is 0. The smallest absolute Gasteiger partial charge is 0.0495 e. The fourth-order valence-corrected chi connectivity index (χ4v) is 1.75. The van der Waals surface area contributed by atoms with Gasteiger partial charge in [-0.1, -0.05) is 23.7 Å². The summed E-state index contributed by atoms with van der Waals surface area (Å²) in [5.74, 6) is 0. The SMILES string of the molecule is C=CCCn1ccc2ccc(Cl)cc21. The molecule has 0 fully saturated rings. The maximum Gasteiger partial charge on any atom is 0.0495 e. The van der Waals surface area contributed by atoms with Crippen LogP contribution in [0.25, 0.3) is 10.9 Å². The predicted octanol–water partition coefficient (Wildman–Crippen LogP) is 3.87. The first kappa shape index (κ1) is 9.35. The van der Waals surface area contributed by atoms with Gasteiger partial charge in [-0.15, -0.1) is 6.58 Å². The minimum Gasteiger partial charge on any atom is -0.347 e. The number of rotatable bonds is 3. The molecule has 1 nitrogen and oxygen atoms in total. The zero-order valence-corrected chi connectivity index (χ0v) is 8.67. The van der Waals surface area contributed by atoms with Gasteiger partial charge in [-0.2, -0.15) is 0 Å². The van der Waals surface area contributed by atoms with Crippen LogP contribution in [0.3, 0.4) is 0 Å². The van der Waals surface area contributed by atoms with Gasteiger partial charge in [0.05, 0.1) is 0 Å². The van der Waals surface area contributed by atoms with Gasteiger partial charge in [-0.05, 0) is 30.0 Å². The number of benzene rings is 1. The quantitative estimate of drug-likeness (QED) is 0.671. The highest BCUT2D eigenvalue weighted by Crippen LogP contribution is 2.20. The van der Waals surface area contributed by atoms with Crippen molar-refractivity contribution in [3.63, 3.8) is 0 Å². The van der Waals surface area contributed by atoms with E-state index in [0.29, 0.717) is 0 Å². The first-order valence-corrected chi connectivity index (χ1v) is 5.04. The third kappa shape index (κ3) is 1.68. The summed E-state index contributed by atoms with van der Waals surface area (Å²) in [5, 5.41) is 2.02. The Morgan fingerprint density at radius 3 is 3.00 bits per heavy atom. The van der Waals surface area contributed by atoms with Crippen LogP contribution in [-0.2, 0) is 6.54 Å².